The zero-order chi connectivity index (χ0) is 20.3. The maximum absolute atomic E-state index is 10.0. The van der Waals surface area contributed by atoms with Crippen molar-refractivity contribution in [1.29, 1.82) is 0 Å². The van der Waals surface area contributed by atoms with Crippen LogP contribution in [-0.2, 0) is 0 Å². The Labute approximate surface area is 174 Å². The largest absolute Gasteiger partial charge is 0.393 e. The van der Waals surface area contributed by atoms with Gasteiger partial charge in [0.05, 0.1) is 6.10 Å². The molecule has 0 aromatic heterocycles. The predicted octanol–water partition coefficient (Wildman–Crippen LogP) is 7.62. The maximum atomic E-state index is 10.0. The fourth-order valence-corrected chi connectivity index (χ4v) is 6.66. The molecule has 28 heavy (non-hydrogen) atoms. The van der Waals surface area contributed by atoms with Gasteiger partial charge in [-0.15, -0.1) is 0 Å². The van der Waals surface area contributed by atoms with Crippen molar-refractivity contribution in [3.8, 4) is 0 Å². The van der Waals surface area contributed by atoms with Gasteiger partial charge in [-0.2, -0.15) is 0 Å². The van der Waals surface area contributed by atoms with Gasteiger partial charge in [0.1, 0.15) is 0 Å². The highest BCUT2D eigenvalue weighted by molar-refractivity contribution is 5.36. The molecule has 0 amide bonds. The molecule has 0 aliphatic heterocycles. The maximum Gasteiger partial charge on any atom is 0.0583 e. The Morgan fingerprint density at radius 2 is 1.89 bits per heavy atom. The lowest BCUT2D eigenvalue weighted by Crippen LogP contribution is -2.36. The Bertz CT molecular complexity index is 610. The number of aliphatic hydroxyl groups is 1. The van der Waals surface area contributed by atoms with Crippen LogP contribution in [0.15, 0.2) is 35.5 Å². The molecule has 0 aromatic carbocycles. The smallest absolute Gasteiger partial charge is 0.0583 e. The summed E-state index contributed by atoms with van der Waals surface area (Å²) in [5.74, 6) is 3.37. The van der Waals surface area contributed by atoms with E-state index in [1.54, 1.807) is 5.57 Å². The predicted molar refractivity (Wildman–Crippen MR) is 121 cm³/mol. The molecule has 0 spiro atoms. The van der Waals surface area contributed by atoms with Gasteiger partial charge >= 0.3 is 0 Å². The first kappa shape index (κ1) is 21.9. The summed E-state index contributed by atoms with van der Waals surface area (Å²) < 4.78 is 0. The van der Waals surface area contributed by atoms with Crippen molar-refractivity contribution in [3.05, 3.63) is 35.5 Å². The minimum atomic E-state index is -0.172. The number of aliphatic hydroxyl groups excluding tert-OH is 1. The molecular weight excluding hydrogens is 340 g/mol. The average Bonchev–Trinajstić information content (AvgIpc) is 2.99. The van der Waals surface area contributed by atoms with Crippen molar-refractivity contribution in [2.45, 2.75) is 104 Å². The van der Waals surface area contributed by atoms with E-state index in [1.807, 2.05) is 0 Å². The van der Waals surface area contributed by atoms with E-state index >= 15 is 0 Å². The second-order valence-corrected chi connectivity index (χ2v) is 10.8. The Kier molecular flexibility index (Phi) is 7.29. The Morgan fingerprint density at radius 3 is 2.64 bits per heavy atom. The van der Waals surface area contributed by atoms with Gasteiger partial charge in [0.15, 0.2) is 0 Å². The van der Waals surface area contributed by atoms with Crippen LogP contribution < -0.4 is 0 Å². The van der Waals surface area contributed by atoms with E-state index in [1.165, 1.54) is 62.5 Å². The molecule has 0 heterocycles. The van der Waals surface area contributed by atoms with E-state index in [0.29, 0.717) is 5.41 Å². The lowest BCUT2D eigenvalue weighted by atomic mass is 9.60. The topological polar surface area (TPSA) is 20.2 Å². The highest BCUT2D eigenvalue weighted by Gasteiger charge is 2.50. The molecular formula is C27H44O. The van der Waals surface area contributed by atoms with Gasteiger partial charge in [0, 0.05) is 0 Å². The molecule has 0 aromatic rings. The van der Waals surface area contributed by atoms with Gasteiger partial charge in [0.25, 0.3) is 0 Å². The fraction of sp³-hybridized carbons (Fsp3) is 0.778. The lowest BCUT2D eigenvalue weighted by molar-refractivity contribution is 0.0929. The molecule has 1 N–H and O–H groups in total. The number of hydrogen-bond donors (Lipinski definition) is 1. The van der Waals surface area contributed by atoms with Crippen LogP contribution in [0.3, 0.4) is 0 Å². The molecule has 0 bridgehead atoms. The van der Waals surface area contributed by atoms with Crippen molar-refractivity contribution < 1.29 is 5.11 Å². The molecule has 3 fully saturated rings. The molecule has 0 radical (unpaired) electrons. The van der Waals surface area contributed by atoms with Crippen molar-refractivity contribution >= 4 is 0 Å². The summed E-state index contributed by atoms with van der Waals surface area (Å²) in [4.78, 5) is 0. The SMILES string of the molecule is C=C1CC[C@H](O)C/C1=C/C=C1\CCC[C@@]2(C)C1CC[C@@H]2C(C)CCCC(C)C. The lowest BCUT2D eigenvalue weighted by Gasteiger charge is -2.44. The summed E-state index contributed by atoms with van der Waals surface area (Å²) in [5.41, 5.74) is 4.72. The molecule has 3 aliphatic carbocycles. The van der Waals surface area contributed by atoms with Gasteiger partial charge in [-0.25, -0.2) is 0 Å². The summed E-state index contributed by atoms with van der Waals surface area (Å²) in [6.45, 7) is 14.1. The minimum Gasteiger partial charge on any atom is -0.393 e. The highest BCUT2D eigenvalue weighted by Crippen LogP contribution is 2.59. The van der Waals surface area contributed by atoms with E-state index in [2.05, 4.69) is 46.4 Å². The first-order valence-electron chi connectivity index (χ1n) is 12.1. The third-order valence-electron chi connectivity index (χ3n) is 8.35. The van der Waals surface area contributed by atoms with E-state index in [-0.39, 0.29) is 6.10 Å². The quantitative estimate of drug-likeness (QED) is 0.499. The van der Waals surface area contributed by atoms with E-state index < -0.39 is 0 Å². The monoisotopic (exact) mass is 384 g/mol. The average molecular weight is 385 g/mol. The van der Waals surface area contributed by atoms with Gasteiger partial charge < -0.3 is 5.11 Å². The number of fused-ring (bicyclic) bond motifs is 1. The third-order valence-corrected chi connectivity index (χ3v) is 8.35. The number of hydrogen-bond acceptors (Lipinski definition) is 1. The fourth-order valence-electron chi connectivity index (χ4n) is 6.66. The van der Waals surface area contributed by atoms with Crippen LogP contribution >= 0.6 is 0 Å². The first-order chi connectivity index (χ1) is 13.3. The third kappa shape index (κ3) is 4.84. The van der Waals surface area contributed by atoms with Gasteiger partial charge in [0.2, 0.25) is 0 Å². The van der Waals surface area contributed by atoms with E-state index in [9.17, 15) is 5.11 Å². The molecule has 3 saturated carbocycles. The summed E-state index contributed by atoms with van der Waals surface area (Å²) in [6.07, 6.45) is 18.2. The first-order valence-corrected chi connectivity index (χ1v) is 12.1. The van der Waals surface area contributed by atoms with Crippen LogP contribution in [0.4, 0.5) is 0 Å². The van der Waals surface area contributed by atoms with E-state index in [0.717, 1.165) is 42.9 Å². The standard InChI is InChI=1S/C27H44O/c1-19(2)8-6-9-21(4)25-15-16-26-22(10-7-17-27(25,26)5)12-13-23-18-24(28)14-11-20(23)3/h12-13,19,21,24-26,28H,3,6-11,14-18H2,1-2,4-5H3/b22-12+,23-13-/t21?,24-,25+,26?,27+/m0/s1. The Hall–Kier alpha value is -0.820. The summed E-state index contributed by atoms with van der Waals surface area (Å²) in [7, 11) is 0. The van der Waals surface area contributed by atoms with Crippen LogP contribution in [0.5, 0.6) is 0 Å². The molecule has 1 heteroatoms. The molecule has 3 aliphatic rings. The van der Waals surface area contributed by atoms with Gasteiger partial charge in [-0.05, 0) is 86.0 Å². The van der Waals surface area contributed by atoms with Crippen LogP contribution in [0.25, 0.3) is 0 Å². The van der Waals surface area contributed by atoms with Crippen LogP contribution in [0.2, 0.25) is 0 Å². The molecule has 158 valence electrons. The summed E-state index contributed by atoms with van der Waals surface area (Å²) in [6, 6.07) is 0. The van der Waals surface area contributed by atoms with Crippen molar-refractivity contribution in [2.75, 3.05) is 0 Å². The summed E-state index contributed by atoms with van der Waals surface area (Å²) in [5, 5.41) is 10.0. The Balaban J connectivity index is 1.70. The summed E-state index contributed by atoms with van der Waals surface area (Å²) >= 11 is 0. The van der Waals surface area contributed by atoms with Crippen molar-refractivity contribution in [3.63, 3.8) is 0 Å². The minimum absolute atomic E-state index is 0.172. The van der Waals surface area contributed by atoms with Gasteiger partial charge in [-0.3, -0.25) is 0 Å². The number of allylic oxidation sites excluding steroid dienone is 4. The normalized spacial score (nSPS) is 37.6. The van der Waals surface area contributed by atoms with Crippen LogP contribution in [0.1, 0.15) is 98.3 Å². The molecule has 3 rings (SSSR count). The van der Waals surface area contributed by atoms with Crippen molar-refractivity contribution in [2.24, 2.45) is 29.1 Å². The Morgan fingerprint density at radius 1 is 1.11 bits per heavy atom. The zero-order valence-corrected chi connectivity index (χ0v) is 19.0. The molecule has 0 saturated heterocycles. The molecule has 2 unspecified atom stereocenters. The van der Waals surface area contributed by atoms with Crippen molar-refractivity contribution in [1.82, 2.24) is 0 Å². The molecule has 5 atom stereocenters. The number of rotatable bonds is 6. The molecule has 1 nitrogen and oxygen atoms in total. The van der Waals surface area contributed by atoms with E-state index in [4.69, 9.17) is 0 Å². The second kappa shape index (κ2) is 9.33. The highest BCUT2D eigenvalue weighted by atomic mass is 16.3. The van der Waals surface area contributed by atoms with Crippen LogP contribution in [-0.4, -0.2) is 11.2 Å². The second-order valence-electron chi connectivity index (χ2n) is 10.8. The van der Waals surface area contributed by atoms with Gasteiger partial charge in [-0.1, -0.05) is 76.8 Å². The zero-order valence-electron chi connectivity index (χ0n) is 19.0. The van der Waals surface area contributed by atoms with Crippen LogP contribution in [0, 0.1) is 29.1 Å².